The number of hydrogen-bond acceptors (Lipinski definition) is 0. The third-order valence-corrected chi connectivity index (χ3v) is 1.66. The Hall–Kier alpha value is -0.0836. The summed E-state index contributed by atoms with van der Waals surface area (Å²) in [5, 5.41) is 2.62. The molecule has 0 spiro atoms. The van der Waals surface area contributed by atoms with Crippen molar-refractivity contribution in [2.45, 2.75) is 0 Å². The number of hydrogen-bond donors (Lipinski definition) is 0. The van der Waals surface area contributed by atoms with E-state index in [4.69, 9.17) is 0 Å². The van der Waals surface area contributed by atoms with E-state index >= 15 is 0 Å². The Morgan fingerprint density at radius 3 is 1.00 bits per heavy atom. The van der Waals surface area contributed by atoms with Gasteiger partial charge >= 0.3 is 0 Å². The molecule has 0 aromatic heterocycles. The van der Waals surface area contributed by atoms with Crippen LogP contribution in [-0.2, 0) is 19.8 Å². The molecule has 0 aliphatic heterocycles. The van der Waals surface area contributed by atoms with E-state index in [1.54, 1.807) is 0 Å². The largest absolute Gasteiger partial charge is 0.147 e. The Bertz CT molecular complexity index is 284. The Morgan fingerprint density at radius 1 is 0.538 bits per heavy atom. The van der Waals surface area contributed by atoms with Gasteiger partial charge in [-0.1, -0.05) is 48.5 Å². The molecule has 0 bridgehead atoms. The second-order valence-electron chi connectivity index (χ2n) is 2.35. The molecule has 2 aromatic carbocycles. The third kappa shape index (κ3) is 3.65. The van der Waals surface area contributed by atoms with Crippen molar-refractivity contribution in [2.24, 2.45) is 0 Å². The minimum atomic E-state index is 0. The Kier molecular flexibility index (Phi) is 8.68. The van der Waals surface area contributed by atoms with Gasteiger partial charge in [-0.2, -0.15) is 0 Å². The van der Waals surface area contributed by atoms with Gasteiger partial charge in [-0.3, -0.25) is 0 Å². The molecule has 0 unspecified atom stereocenters. The molecular weight excluding hydrogens is 381 g/mol. The summed E-state index contributed by atoms with van der Waals surface area (Å²) >= 11 is 0. The zero-order valence-corrected chi connectivity index (χ0v) is 11.0. The first-order valence-corrected chi connectivity index (χ1v) is 3.40. The van der Waals surface area contributed by atoms with Crippen LogP contribution in [0.15, 0.2) is 48.5 Å². The number of halogens is 2. The molecule has 0 saturated carbocycles. The van der Waals surface area contributed by atoms with Crippen molar-refractivity contribution in [1.82, 2.24) is 0 Å². The first-order valence-electron chi connectivity index (χ1n) is 3.40. The second-order valence-corrected chi connectivity index (χ2v) is 2.35. The van der Waals surface area contributed by atoms with Crippen LogP contribution in [0.4, 0.5) is 0 Å². The maximum atomic E-state index is 2.12. The van der Waals surface area contributed by atoms with Crippen LogP contribution in [0.5, 0.6) is 0 Å². The van der Waals surface area contributed by atoms with Crippen molar-refractivity contribution >= 4 is 35.6 Å². The Balaban J connectivity index is 0. The fraction of sp³-hybridized carbons (Fsp3) is 0. The molecule has 0 N–H and O–H groups in total. The zero-order valence-electron chi connectivity index (χ0n) is 6.79. The van der Waals surface area contributed by atoms with E-state index < -0.39 is 0 Å². The first-order chi connectivity index (χ1) is 4.97. The normalized spacial score (nSPS) is 7.69. The molecule has 0 amide bonds. The molecule has 2 rings (SSSR count). The molecule has 0 nitrogen and oxygen atoms in total. The fourth-order valence-electron chi connectivity index (χ4n) is 1.13. The van der Waals surface area contributed by atoms with Crippen LogP contribution in [0.1, 0.15) is 0 Å². The SMILES string of the molecule is Cl.Cl.[Os].c1ccc2ccccc2c1. The van der Waals surface area contributed by atoms with Crippen molar-refractivity contribution in [3.8, 4) is 0 Å². The number of fused-ring (bicyclic) bond motifs is 1. The van der Waals surface area contributed by atoms with E-state index in [1.807, 2.05) is 0 Å². The van der Waals surface area contributed by atoms with Gasteiger partial charge in [0.25, 0.3) is 0 Å². The summed E-state index contributed by atoms with van der Waals surface area (Å²) in [5.74, 6) is 0. The third-order valence-electron chi connectivity index (χ3n) is 1.66. The summed E-state index contributed by atoms with van der Waals surface area (Å²) in [7, 11) is 0. The summed E-state index contributed by atoms with van der Waals surface area (Å²) < 4.78 is 0. The molecule has 0 atom stereocenters. The Morgan fingerprint density at radius 2 is 0.769 bits per heavy atom. The van der Waals surface area contributed by atoms with Gasteiger partial charge in [-0.15, -0.1) is 24.8 Å². The van der Waals surface area contributed by atoms with E-state index in [0.717, 1.165) is 0 Å². The quantitative estimate of drug-likeness (QED) is 0.643. The predicted octanol–water partition coefficient (Wildman–Crippen LogP) is 3.68. The summed E-state index contributed by atoms with van der Waals surface area (Å²) in [6.45, 7) is 0. The molecule has 13 heavy (non-hydrogen) atoms. The van der Waals surface area contributed by atoms with Crippen molar-refractivity contribution in [3.63, 3.8) is 0 Å². The summed E-state index contributed by atoms with van der Waals surface area (Å²) in [6, 6.07) is 16.7. The van der Waals surface area contributed by atoms with E-state index in [2.05, 4.69) is 48.5 Å². The van der Waals surface area contributed by atoms with Crippen LogP contribution in [0.3, 0.4) is 0 Å². The molecule has 0 heterocycles. The van der Waals surface area contributed by atoms with Crippen LogP contribution in [0.25, 0.3) is 10.8 Å². The minimum absolute atomic E-state index is 0. The van der Waals surface area contributed by atoms with Crippen LogP contribution in [-0.4, -0.2) is 0 Å². The van der Waals surface area contributed by atoms with E-state index in [9.17, 15) is 0 Å². The molecule has 0 saturated heterocycles. The second kappa shape index (κ2) is 7.33. The number of rotatable bonds is 0. The van der Waals surface area contributed by atoms with Gasteiger partial charge in [0.05, 0.1) is 0 Å². The fourth-order valence-corrected chi connectivity index (χ4v) is 1.13. The van der Waals surface area contributed by atoms with Crippen LogP contribution >= 0.6 is 24.8 Å². The first kappa shape index (κ1) is 15.4. The van der Waals surface area contributed by atoms with Gasteiger partial charge in [0.15, 0.2) is 0 Å². The molecule has 0 fully saturated rings. The van der Waals surface area contributed by atoms with E-state index in [-0.39, 0.29) is 44.6 Å². The van der Waals surface area contributed by atoms with Crippen molar-refractivity contribution in [2.75, 3.05) is 0 Å². The van der Waals surface area contributed by atoms with Crippen LogP contribution in [0.2, 0.25) is 0 Å². The van der Waals surface area contributed by atoms with Crippen molar-refractivity contribution < 1.29 is 19.8 Å². The maximum Gasteiger partial charge on any atom is 0 e. The number of benzene rings is 2. The molecule has 0 radical (unpaired) electrons. The van der Waals surface area contributed by atoms with Crippen molar-refractivity contribution in [1.29, 1.82) is 0 Å². The average Bonchev–Trinajstić information content (AvgIpc) is 2.05. The molecule has 72 valence electrons. The van der Waals surface area contributed by atoms with Gasteiger partial charge in [0.2, 0.25) is 0 Å². The predicted molar refractivity (Wildman–Crippen MR) is 58.4 cm³/mol. The molecule has 3 heteroatoms. The van der Waals surface area contributed by atoms with Crippen LogP contribution < -0.4 is 0 Å². The van der Waals surface area contributed by atoms with Gasteiger partial charge in [0, 0.05) is 19.8 Å². The molecule has 2 aromatic rings. The van der Waals surface area contributed by atoms with Gasteiger partial charge in [-0.25, -0.2) is 0 Å². The van der Waals surface area contributed by atoms with Crippen LogP contribution in [0, 0.1) is 0 Å². The van der Waals surface area contributed by atoms with Gasteiger partial charge in [-0.05, 0) is 10.8 Å². The maximum absolute atomic E-state index is 2.12. The van der Waals surface area contributed by atoms with Gasteiger partial charge < -0.3 is 0 Å². The smallest absolute Gasteiger partial charge is 0 e. The summed E-state index contributed by atoms with van der Waals surface area (Å²) in [6.07, 6.45) is 0. The van der Waals surface area contributed by atoms with E-state index in [1.165, 1.54) is 10.8 Å². The summed E-state index contributed by atoms with van der Waals surface area (Å²) in [4.78, 5) is 0. The van der Waals surface area contributed by atoms with Gasteiger partial charge in [0.1, 0.15) is 0 Å². The van der Waals surface area contributed by atoms with E-state index in [0.29, 0.717) is 0 Å². The monoisotopic (exact) mass is 392 g/mol. The topological polar surface area (TPSA) is 0 Å². The summed E-state index contributed by atoms with van der Waals surface area (Å²) in [5.41, 5.74) is 0. The minimum Gasteiger partial charge on any atom is -0.147 e. The zero-order chi connectivity index (χ0) is 6.81. The Labute approximate surface area is 104 Å². The standard InChI is InChI=1S/C10H8.2ClH.Os/c1-2-6-10-8-4-3-7-9(10)5-1;;;/h1-8H;2*1H;. The molecular formula is C10H10Cl2Os. The van der Waals surface area contributed by atoms with Crippen molar-refractivity contribution in [3.05, 3.63) is 48.5 Å². The average molecular weight is 391 g/mol. The molecule has 0 aliphatic carbocycles. The molecule has 0 aliphatic rings.